The molecule has 0 aliphatic heterocycles. The number of anilines is 1. The van der Waals surface area contributed by atoms with Crippen LogP contribution in [-0.2, 0) is 15.4 Å². The lowest BCUT2D eigenvalue weighted by atomic mass is 9.87. The smallest absolute Gasteiger partial charge is 0.272 e. The number of rotatable bonds is 3. The van der Waals surface area contributed by atoms with Crippen LogP contribution >= 0.6 is 27.3 Å². The lowest BCUT2D eigenvalue weighted by Crippen LogP contribution is -2.13. The third-order valence-electron chi connectivity index (χ3n) is 2.83. The van der Waals surface area contributed by atoms with Gasteiger partial charge in [-0.2, -0.15) is 0 Å². The van der Waals surface area contributed by atoms with Crippen LogP contribution in [0, 0.1) is 0 Å². The molecule has 1 aromatic carbocycles. The van der Waals surface area contributed by atoms with Gasteiger partial charge in [-0.05, 0) is 50.5 Å². The van der Waals surface area contributed by atoms with E-state index in [0.29, 0.717) is 10.2 Å². The van der Waals surface area contributed by atoms with Crippen LogP contribution in [0.4, 0.5) is 5.69 Å². The molecular weight excluding hydrogens is 358 g/mol. The summed E-state index contributed by atoms with van der Waals surface area (Å²) in [5.41, 5.74) is 1.78. The maximum atomic E-state index is 12.2. The van der Waals surface area contributed by atoms with Gasteiger partial charge < -0.3 is 0 Å². The fourth-order valence-electron chi connectivity index (χ4n) is 1.71. The van der Waals surface area contributed by atoms with Gasteiger partial charge in [0.15, 0.2) is 4.21 Å². The maximum absolute atomic E-state index is 12.2. The molecule has 2 aromatic rings. The van der Waals surface area contributed by atoms with Crippen molar-refractivity contribution in [2.45, 2.75) is 30.4 Å². The number of benzene rings is 1. The number of thiophene rings is 1. The minimum Gasteiger partial charge on any atom is -0.279 e. The van der Waals surface area contributed by atoms with Gasteiger partial charge in [0.25, 0.3) is 10.0 Å². The lowest BCUT2D eigenvalue weighted by Gasteiger charge is -2.19. The predicted octanol–water partition coefficient (Wildman–Crippen LogP) is 4.61. The van der Waals surface area contributed by atoms with Crippen molar-refractivity contribution in [2.24, 2.45) is 0 Å². The third kappa shape index (κ3) is 3.42. The molecule has 0 amide bonds. The van der Waals surface area contributed by atoms with Crippen LogP contribution in [0.3, 0.4) is 0 Å². The summed E-state index contributed by atoms with van der Waals surface area (Å²) >= 11 is 4.43. The topological polar surface area (TPSA) is 46.2 Å². The van der Waals surface area contributed by atoms with E-state index in [0.717, 1.165) is 5.56 Å². The fourth-order valence-corrected chi connectivity index (χ4v) is 5.11. The van der Waals surface area contributed by atoms with Crippen molar-refractivity contribution in [2.75, 3.05) is 4.72 Å². The molecule has 0 bridgehead atoms. The molecule has 0 aliphatic carbocycles. The summed E-state index contributed by atoms with van der Waals surface area (Å²) in [6, 6.07) is 9.20. The maximum Gasteiger partial charge on any atom is 0.272 e. The molecule has 0 saturated heterocycles. The molecule has 3 nitrogen and oxygen atoms in total. The zero-order valence-corrected chi connectivity index (χ0v) is 14.7. The molecule has 1 aromatic heterocycles. The normalized spacial score (nSPS) is 12.4. The Hall–Kier alpha value is -0.850. The first-order valence-corrected chi connectivity index (χ1v) is 9.22. The van der Waals surface area contributed by atoms with Gasteiger partial charge in [0.05, 0.1) is 0 Å². The van der Waals surface area contributed by atoms with Gasteiger partial charge in [-0.25, -0.2) is 8.42 Å². The van der Waals surface area contributed by atoms with Crippen LogP contribution in [0.15, 0.2) is 44.4 Å². The second-order valence-corrected chi connectivity index (χ2v) is 9.14. The molecule has 20 heavy (non-hydrogen) atoms. The SMILES string of the molecule is CC(C)(C)c1ccc(NS(=O)(=O)c2sccc2Br)cc1. The van der Waals surface area contributed by atoms with Crippen LogP contribution < -0.4 is 4.72 Å². The molecule has 1 heterocycles. The van der Waals surface area contributed by atoms with Crippen LogP contribution in [0.2, 0.25) is 0 Å². The Bertz CT molecular complexity index is 698. The molecule has 0 aliphatic rings. The quantitative estimate of drug-likeness (QED) is 0.853. The summed E-state index contributed by atoms with van der Waals surface area (Å²) in [5.74, 6) is 0. The molecule has 0 radical (unpaired) electrons. The highest BCUT2D eigenvalue weighted by Gasteiger charge is 2.19. The summed E-state index contributed by atoms with van der Waals surface area (Å²) in [6.07, 6.45) is 0. The van der Waals surface area contributed by atoms with Crippen molar-refractivity contribution in [1.29, 1.82) is 0 Å². The van der Waals surface area contributed by atoms with E-state index < -0.39 is 10.0 Å². The van der Waals surface area contributed by atoms with Crippen molar-refractivity contribution in [1.82, 2.24) is 0 Å². The van der Waals surface area contributed by atoms with Gasteiger partial charge in [0, 0.05) is 10.2 Å². The molecule has 0 unspecified atom stereocenters. The Morgan fingerprint density at radius 2 is 1.70 bits per heavy atom. The minimum absolute atomic E-state index is 0.0498. The van der Waals surface area contributed by atoms with Crippen LogP contribution in [-0.4, -0.2) is 8.42 Å². The van der Waals surface area contributed by atoms with E-state index in [1.165, 1.54) is 11.3 Å². The van der Waals surface area contributed by atoms with Crippen molar-refractivity contribution in [3.05, 3.63) is 45.7 Å². The van der Waals surface area contributed by atoms with Gasteiger partial charge in [-0.15, -0.1) is 11.3 Å². The van der Waals surface area contributed by atoms with Gasteiger partial charge in [0.1, 0.15) is 0 Å². The standard InChI is InChI=1S/C14H16BrNO2S2/c1-14(2,3)10-4-6-11(7-5-10)16-20(17,18)13-12(15)8-9-19-13/h4-9,16H,1-3H3. The average molecular weight is 374 g/mol. The monoisotopic (exact) mass is 373 g/mol. The van der Waals surface area contributed by atoms with Crippen LogP contribution in [0.5, 0.6) is 0 Å². The zero-order valence-electron chi connectivity index (χ0n) is 11.5. The van der Waals surface area contributed by atoms with Crippen molar-refractivity contribution in [3.63, 3.8) is 0 Å². The molecule has 2 rings (SSSR count). The highest BCUT2D eigenvalue weighted by atomic mass is 79.9. The van der Waals surface area contributed by atoms with Gasteiger partial charge in [-0.1, -0.05) is 32.9 Å². The molecule has 0 saturated carbocycles. The second kappa shape index (κ2) is 5.50. The molecule has 0 fully saturated rings. The largest absolute Gasteiger partial charge is 0.279 e. The first kappa shape index (κ1) is 15.5. The summed E-state index contributed by atoms with van der Waals surface area (Å²) in [6.45, 7) is 6.36. The summed E-state index contributed by atoms with van der Waals surface area (Å²) < 4.78 is 27.9. The summed E-state index contributed by atoms with van der Waals surface area (Å²) in [4.78, 5) is 0. The van der Waals surface area contributed by atoms with E-state index in [1.54, 1.807) is 23.6 Å². The number of hydrogen-bond donors (Lipinski definition) is 1. The Kier molecular flexibility index (Phi) is 4.27. The minimum atomic E-state index is -3.53. The molecular formula is C14H16BrNO2S2. The van der Waals surface area contributed by atoms with E-state index in [4.69, 9.17) is 0 Å². The van der Waals surface area contributed by atoms with E-state index in [-0.39, 0.29) is 9.62 Å². The van der Waals surface area contributed by atoms with Gasteiger partial charge >= 0.3 is 0 Å². The summed E-state index contributed by atoms with van der Waals surface area (Å²) in [5, 5.41) is 1.74. The predicted molar refractivity (Wildman–Crippen MR) is 88.0 cm³/mol. The number of sulfonamides is 1. The summed E-state index contributed by atoms with van der Waals surface area (Å²) in [7, 11) is -3.53. The van der Waals surface area contributed by atoms with E-state index >= 15 is 0 Å². The fraction of sp³-hybridized carbons (Fsp3) is 0.286. The Balaban J connectivity index is 2.25. The van der Waals surface area contributed by atoms with Crippen LogP contribution in [0.1, 0.15) is 26.3 Å². The number of hydrogen-bond acceptors (Lipinski definition) is 3. The van der Waals surface area contributed by atoms with Crippen molar-refractivity contribution in [3.8, 4) is 0 Å². The van der Waals surface area contributed by atoms with E-state index in [1.807, 2.05) is 12.1 Å². The third-order valence-corrected chi connectivity index (χ3v) is 6.88. The van der Waals surface area contributed by atoms with Gasteiger partial charge in [-0.3, -0.25) is 4.72 Å². The average Bonchev–Trinajstić information content (AvgIpc) is 2.75. The number of nitrogens with one attached hydrogen (secondary N) is 1. The van der Waals surface area contributed by atoms with E-state index in [9.17, 15) is 8.42 Å². The first-order valence-electron chi connectivity index (χ1n) is 6.06. The Morgan fingerprint density at radius 1 is 1.10 bits per heavy atom. The molecule has 6 heteroatoms. The lowest BCUT2D eigenvalue weighted by molar-refractivity contribution is 0.590. The molecule has 108 valence electrons. The highest BCUT2D eigenvalue weighted by molar-refractivity contribution is 9.10. The first-order chi connectivity index (χ1) is 9.20. The number of halogens is 1. The Labute approximate surface area is 132 Å². The van der Waals surface area contributed by atoms with Crippen molar-refractivity contribution >= 4 is 43.0 Å². The molecule has 0 spiro atoms. The van der Waals surface area contributed by atoms with Crippen molar-refractivity contribution < 1.29 is 8.42 Å². The zero-order chi connectivity index (χ0) is 15.0. The molecule has 1 N–H and O–H groups in total. The highest BCUT2D eigenvalue weighted by Crippen LogP contribution is 2.30. The second-order valence-electron chi connectivity index (χ2n) is 5.49. The van der Waals surface area contributed by atoms with Gasteiger partial charge in [0.2, 0.25) is 0 Å². The van der Waals surface area contributed by atoms with Crippen LogP contribution in [0.25, 0.3) is 0 Å². The molecule has 0 atom stereocenters. The van der Waals surface area contributed by atoms with E-state index in [2.05, 4.69) is 41.4 Å². The Morgan fingerprint density at radius 3 is 2.15 bits per heavy atom.